The first-order valence-electron chi connectivity index (χ1n) is 10.9. The predicted octanol–water partition coefficient (Wildman–Crippen LogP) is 4.59. The van der Waals surface area contributed by atoms with E-state index in [1.165, 1.54) is 29.6 Å². The summed E-state index contributed by atoms with van der Waals surface area (Å²) in [5, 5.41) is 0. The Morgan fingerprint density at radius 3 is 2.24 bits per heavy atom. The highest BCUT2D eigenvalue weighted by atomic mass is 16.5. The molecule has 2 atom stereocenters. The smallest absolute Gasteiger partial charge is 0.310 e. The molecule has 4 nitrogen and oxygen atoms in total. The molecule has 0 saturated carbocycles. The van der Waals surface area contributed by atoms with Crippen LogP contribution in [0.2, 0.25) is 0 Å². The molecule has 2 heterocycles. The Hall–Kier alpha value is -2.33. The molecule has 0 radical (unpaired) electrons. The van der Waals surface area contributed by atoms with Gasteiger partial charge in [0.2, 0.25) is 0 Å². The van der Waals surface area contributed by atoms with Crippen molar-refractivity contribution in [1.29, 1.82) is 0 Å². The molecule has 2 aromatic rings. The van der Waals surface area contributed by atoms with E-state index in [1.54, 1.807) is 0 Å². The molecule has 2 unspecified atom stereocenters. The maximum Gasteiger partial charge on any atom is 0.310 e. The number of para-hydroxylation sites is 2. The minimum absolute atomic E-state index is 0.00777. The van der Waals surface area contributed by atoms with Crippen molar-refractivity contribution in [2.45, 2.75) is 45.1 Å². The zero-order chi connectivity index (χ0) is 20.2. The van der Waals surface area contributed by atoms with E-state index in [-0.39, 0.29) is 17.9 Å². The molecule has 0 N–H and O–H groups in total. The van der Waals surface area contributed by atoms with Crippen LogP contribution >= 0.6 is 0 Å². The monoisotopic (exact) mass is 392 g/mol. The molecule has 2 aromatic carbocycles. The lowest BCUT2D eigenvalue weighted by molar-refractivity contribution is -0.149. The van der Waals surface area contributed by atoms with Crippen LogP contribution in [-0.2, 0) is 22.4 Å². The number of fused-ring (bicyclic) bond motifs is 2. The van der Waals surface area contributed by atoms with E-state index in [0.29, 0.717) is 0 Å². The van der Waals surface area contributed by atoms with Crippen molar-refractivity contribution >= 4 is 17.3 Å². The third-order valence-electron chi connectivity index (χ3n) is 6.68. The van der Waals surface area contributed by atoms with Gasteiger partial charge in [-0.1, -0.05) is 36.4 Å². The molecule has 0 bridgehead atoms. The summed E-state index contributed by atoms with van der Waals surface area (Å²) in [5.41, 5.74) is 5.55. The van der Waals surface area contributed by atoms with Crippen LogP contribution in [-0.4, -0.2) is 43.7 Å². The van der Waals surface area contributed by atoms with Gasteiger partial charge in [-0.15, -0.1) is 0 Å². The van der Waals surface area contributed by atoms with E-state index in [1.807, 2.05) is 0 Å². The van der Waals surface area contributed by atoms with Crippen LogP contribution in [0.3, 0.4) is 0 Å². The van der Waals surface area contributed by atoms with Crippen LogP contribution < -0.4 is 4.90 Å². The van der Waals surface area contributed by atoms with E-state index < -0.39 is 0 Å². The normalized spacial score (nSPS) is 21.8. The molecule has 4 rings (SSSR count). The molecule has 0 aromatic heterocycles. The molecule has 0 aliphatic carbocycles. The molecule has 29 heavy (non-hydrogen) atoms. The fourth-order valence-corrected chi connectivity index (χ4v) is 5.04. The topological polar surface area (TPSA) is 32.8 Å². The number of benzene rings is 2. The number of rotatable bonds is 5. The maximum absolute atomic E-state index is 12.1. The number of hydrogen-bond acceptors (Lipinski definition) is 4. The van der Waals surface area contributed by atoms with Gasteiger partial charge in [0.05, 0.1) is 13.0 Å². The standard InChI is InChI=1S/C25H32N2O2/c1-19-22(25(28)29-2)11-7-16-26(19)17-8-18-27-23-12-5-3-9-20(23)14-15-21-10-4-6-13-24(21)27/h3-6,9-10,12-13,19,22H,7-8,11,14-18H2,1-2H3. The van der Waals surface area contributed by atoms with Gasteiger partial charge in [0, 0.05) is 30.5 Å². The second-order valence-corrected chi connectivity index (χ2v) is 8.31. The first-order chi connectivity index (χ1) is 14.2. The van der Waals surface area contributed by atoms with Crippen molar-refractivity contribution in [3.05, 3.63) is 59.7 Å². The predicted molar refractivity (Wildman–Crippen MR) is 118 cm³/mol. The van der Waals surface area contributed by atoms with Gasteiger partial charge in [-0.05, 0) is 68.8 Å². The fourth-order valence-electron chi connectivity index (χ4n) is 5.04. The number of carbonyl (C=O) groups is 1. The molecule has 154 valence electrons. The number of nitrogens with zero attached hydrogens (tertiary/aromatic N) is 2. The van der Waals surface area contributed by atoms with Crippen LogP contribution in [0, 0.1) is 5.92 Å². The zero-order valence-electron chi connectivity index (χ0n) is 17.6. The summed E-state index contributed by atoms with van der Waals surface area (Å²) in [4.78, 5) is 17.1. The first kappa shape index (κ1) is 20.0. The van der Waals surface area contributed by atoms with E-state index in [9.17, 15) is 4.79 Å². The zero-order valence-corrected chi connectivity index (χ0v) is 17.6. The Labute approximate surface area is 174 Å². The molecule has 1 fully saturated rings. The van der Waals surface area contributed by atoms with E-state index in [2.05, 4.69) is 65.3 Å². The van der Waals surface area contributed by atoms with Crippen molar-refractivity contribution in [1.82, 2.24) is 4.90 Å². The lowest BCUT2D eigenvalue weighted by Crippen LogP contribution is -2.47. The van der Waals surface area contributed by atoms with Crippen LogP contribution in [0.4, 0.5) is 11.4 Å². The molecular formula is C25H32N2O2. The summed E-state index contributed by atoms with van der Waals surface area (Å²) in [6, 6.07) is 17.9. The Balaban J connectivity index is 1.48. The highest BCUT2D eigenvalue weighted by molar-refractivity contribution is 5.73. The van der Waals surface area contributed by atoms with Crippen molar-refractivity contribution in [2.24, 2.45) is 5.92 Å². The summed E-state index contributed by atoms with van der Waals surface area (Å²) >= 11 is 0. The van der Waals surface area contributed by atoms with Crippen LogP contribution in [0.25, 0.3) is 0 Å². The molecule has 0 amide bonds. The Kier molecular flexibility index (Phi) is 6.19. The summed E-state index contributed by atoms with van der Waals surface area (Å²) in [6.45, 7) is 5.24. The van der Waals surface area contributed by atoms with Gasteiger partial charge >= 0.3 is 5.97 Å². The number of piperidine rings is 1. The van der Waals surface area contributed by atoms with E-state index >= 15 is 0 Å². The minimum Gasteiger partial charge on any atom is -0.469 e. The third kappa shape index (κ3) is 4.18. The Morgan fingerprint density at radius 2 is 1.62 bits per heavy atom. The molecule has 1 saturated heterocycles. The Bertz CT molecular complexity index is 803. The maximum atomic E-state index is 12.1. The summed E-state index contributed by atoms with van der Waals surface area (Å²) in [7, 11) is 1.50. The fraction of sp³-hybridized carbons (Fsp3) is 0.480. The second-order valence-electron chi connectivity index (χ2n) is 8.31. The van der Waals surface area contributed by atoms with Gasteiger partial charge in [0.25, 0.3) is 0 Å². The van der Waals surface area contributed by atoms with Crippen LogP contribution in [0.5, 0.6) is 0 Å². The number of methoxy groups -OCH3 is 1. The van der Waals surface area contributed by atoms with Crippen molar-refractivity contribution in [3.63, 3.8) is 0 Å². The van der Waals surface area contributed by atoms with Gasteiger partial charge in [0.15, 0.2) is 0 Å². The minimum atomic E-state index is -0.0578. The van der Waals surface area contributed by atoms with Gasteiger partial charge in [-0.3, -0.25) is 9.69 Å². The average molecular weight is 393 g/mol. The van der Waals surface area contributed by atoms with Crippen LogP contribution in [0.1, 0.15) is 37.3 Å². The highest BCUT2D eigenvalue weighted by Crippen LogP contribution is 2.36. The lowest BCUT2D eigenvalue weighted by atomic mass is 9.90. The van der Waals surface area contributed by atoms with Crippen molar-refractivity contribution < 1.29 is 9.53 Å². The van der Waals surface area contributed by atoms with E-state index in [4.69, 9.17) is 4.74 Å². The number of aryl methyl sites for hydroxylation is 2. The number of hydrogen-bond donors (Lipinski definition) is 0. The van der Waals surface area contributed by atoms with Crippen LogP contribution in [0.15, 0.2) is 48.5 Å². The molecule has 4 heteroatoms. The van der Waals surface area contributed by atoms with Crippen molar-refractivity contribution in [3.8, 4) is 0 Å². The van der Waals surface area contributed by atoms with Gasteiger partial charge < -0.3 is 9.64 Å². The molecule has 0 spiro atoms. The van der Waals surface area contributed by atoms with Gasteiger partial charge in [0.1, 0.15) is 0 Å². The number of ether oxygens (including phenoxy) is 1. The number of esters is 1. The number of anilines is 2. The molecular weight excluding hydrogens is 360 g/mol. The second kappa shape index (κ2) is 9.00. The SMILES string of the molecule is COC(=O)C1CCCN(CCCN2c3ccccc3CCc3ccccc32)C1C. The van der Waals surface area contributed by atoms with E-state index in [0.717, 1.165) is 51.7 Å². The quantitative estimate of drug-likeness (QED) is 0.697. The lowest BCUT2D eigenvalue weighted by Gasteiger charge is -2.38. The van der Waals surface area contributed by atoms with Crippen molar-refractivity contribution in [2.75, 3.05) is 31.6 Å². The van der Waals surface area contributed by atoms with Gasteiger partial charge in [-0.25, -0.2) is 0 Å². The largest absolute Gasteiger partial charge is 0.469 e. The highest BCUT2D eigenvalue weighted by Gasteiger charge is 2.33. The first-order valence-corrected chi connectivity index (χ1v) is 10.9. The summed E-state index contributed by atoms with van der Waals surface area (Å²) in [5.74, 6) is -0.0500. The Morgan fingerprint density at radius 1 is 1.00 bits per heavy atom. The van der Waals surface area contributed by atoms with Gasteiger partial charge in [-0.2, -0.15) is 0 Å². The summed E-state index contributed by atoms with van der Waals surface area (Å²) in [6.07, 6.45) is 5.26. The number of carbonyl (C=O) groups excluding carboxylic acids is 1. The third-order valence-corrected chi connectivity index (χ3v) is 6.68. The number of likely N-dealkylation sites (tertiary alicyclic amines) is 1. The average Bonchev–Trinajstić information content (AvgIpc) is 2.92. The molecule has 2 aliphatic rings. The molecule has 2 aliphatic heterocycles. The summed E-state index contributed by atoms with van der Waals surface area (Å²) < 4.78 is 5.03.